The van der Waals surface area contributed by atoms with Gasteiger partial charge in [-0.2, -0.15) is 0 Å². The molecule has 2 heterocycles. The van der Waals surface area contributed by atoms with E-state index in [4.69, 9.17) is 10.5 Å². The Morgan fingerprint density at radius 3 is 3.12 bits per heavy atom. The van der Waals surface area contributed by atoms with Crippen LogP contribution in [0.1, 0.15) is 12.0 Å². The molecule has 16 heavy (non-hydrogen) atoms. The molecule has 1 aromatic rings. The van der Waals surface area contributed by atoms with Gasteiger partial charge in [0.15, 0.2) is 0 Å². The molecule has 88 valence electrons. The molecule has 1 fully saturated rings. The molecule has 0 bridgehead atoms. The molecule has 1 saturated heterocycles. The minimum absolute atomic E-state index is 0.367. The molecule has 0 aromatic carbocycles. The molecule has 1 aliphatic heterocycles. The first-order chi connectivity index (χ1) is 7.59. The molecule has 0 radical (unpaired) electrons. The van der Waals surface area contributed by atoms with Gasteiger partial charge < -0.3 is 20.9 Å². The summed E-state index contributed by atoms with van der Waals surface area (Å²) in [7, 11) is 0. The van der Waals surface area contributed by atoms with Crippen molar-refractivity contribution in [1.29, 1.82) is 0 Å². The molecule has 0 spiro atoms. The molecular weight excluding hydrogens is 206 g/mol. The van der Waals surface area contributed by atoms with Gasteiger partial charge in [-0.3, -0.25) is 0 Å². The average molecular weight is 223 g/mol. The molecule has 1 atom stereocenters. The van der Waals surface area contributed by atoms with Gasteiger partial charge in [-0.25, -0.2) is 4.98 Å². The number of aromatic nitrogens is 1. The Labute approximate surface area is 94.6 Å². The van der Waals surface area contributed by atoms with Gasteiger partial charge in [-0.1, -0.05) is 0 Å². The van der Waals surface area contributed by atoms with Gasteiger partial charge in [0.1, 0.15) is 11.4 Å². The van der Waals surface area contributed by atoms with Crippen molar-refractivity contribution in [2.24, 2.45) is 0 Å². The quantitative estimate of drug-likeness (QED) is 0.696. The largest absolute Gasteiger partial charge is 0.396 e. The number of aryl methyl sites for hydroxylation is 1. The second-order valence-electron chi connectivity index (χ2n) is 4.33. The van der Waals surface area contributed by atoms with Gasteiger partial charge in [0.05, 0.1) is 12.3 Å². The van der Waals surface area contributed by atoms with Gasteiger partial charge in [-0.05, 0) is 18.6 Å². The summed E-state index contributed by atoms with van der Waals surface area (Å²) >= 11 is 0. The van der Waals surface area contributed by atoms with Gasteiger partial charge in [0, 0.05) is 25.8 Å². The normalized spacial score (nSPS) is 24.6. The van der Waals surface area contributed by atoms with Crippen molar-refractivity contribution < 1.29 is 9.84 Å². The minimum Gasteiger partial charge on any atom is -0.396 e. The Kier molecular flexibility index (Phi) is 2.98. The van der Waals surface area contributed by atoms with E-state index < -0.39 is 5.60 Å². The highest BCUT2D eigenvalue weighted by atomic mass is 16.5. The van der Waals surface area contributed by atoms with E-state index in [2.05, 4.69) is 10.3 Å². The maximum absolute atomic E-state index is 10.0. The number of nitrogens with two attached hydrogens (primary N) is 1. The van der Waals surface area contributed by atoms with Gasteiger partial charge in [0.25, 0.3) is 0 Å². The molecule has 0 aliphatic carbocycles. The van der Waals surface area contributed by atoms with Crippen LogP contribution in [-0.4, -0.2) is 35.5 Å². The average Bonchev–Trinajstić information content (AvgIpc) is 2.64. The van der Waals surface area contributed by atoms with E-state index in [1.165, 1.54) is 0 Å². The molecule has 5 heteroatoms. The molecule has 0 saturated carbocycles. The number of hydrogen-bond donors (Lipinski definition) is 3. The first-order valence-electron chi connectivity index (χ1n) is 5.35. The fourth-order valence-corrected chi connectivity index (χ4v) is 1.72. The second-order valence-corrected chi connectivity index (χ2v) is 4.33. The Morgan fingerprint density at radius 2 is 2.50 bits per heavy atom. The molecule has 0 amide bonds. The highest BCUT2D eigenvalue weighted by molar-refractivity contribution is 5.61. The Morgan fingerprint density at radius 1 is 1.69 bits per heavy atom. The van der Waals surface area contributed by atoms with Crippen molar-refractivity contribution in [3.63, 3.8) is 0 Å². The number of nitrogen functional groups attached to an aromatic ring is 1. The monoisotopic (exact) mass is 223 g/mol. The van der Waals surface area contributed by atoms with E-state index in [1.807, 2.05) is 13.0 Å². The highest BCUT2D eigenvalue weighted by Crippen LogP contribution is 2.21. The number of hydrogen-bond acceptors (Lipinski definition) is 5. The molecule has 1 aliphatic rings. The maximum atomic E-state index is 10.0. The van der Waals surface area contributed by atoms with E-state index in [0.29, 0.717) is 37.7 Å². The van der Waals surface area contributed by atoms with E-state index in [9.17, 15) is 5.11 Å². The van der Waals surface area contributed by atoms with Crippen molar-refractivity contribution in [2.75, 3.05) is 30.8 Å². The Bertz CT molecular complexity index is 375. The maximum Gasteiger partial charge on any atom is 0.149 e. The number of nitrogens with zero attached hydrogens (tertiary/aromatic N) is 1. The van der Waals surface area contributed by atoms with Crippen LogP contribution in [0.25, 0.3) is 0 Å². The number of rotatable bonds is 3. The van der Waals surface area contributed by atoms with Crippen LogP contribution in [0.5, 0.6) is 0 Å². The number of aliphatic hydroxyl groups is 1. The molecule has 5 nitrogen and oxygen atoms in total. The lowest BCUT2D eigenvalue weighted by atomic mass is 10.0. The van der Waals surface area contributed by atoms with Crippen molar-refractivity contribution in [3.8, 4) is 0 Å². The first kappa shape index (κ1) is 11.2. The fraction of sp³-hybridized carbons (Fsp3) is 0.545. The molecule has 1 unspecified atom stereocenters. The lowest BCUT2D eigenvalue weighted by molar-refractivity contribution is 0.0381. The summed E-state index contributed by atoms with van der Waals surface area (Å²) in [6.45, 7) is 3.32. The van der Waals surface area contributed by atoms with Crippen LogP contribution < -0.4 is 11.1 Å². The van der Waals surface area contributed by atoms with Crippen LogP contribution in [0.3, 0.4) is 0 Å². The minimum atomic E-state index is -0.793. The smallest absolute Gasteiger partial charge is 0.149 e. The molecule has 4 N–H and O–H groups in total. The summed E-state index contributed by atoms with van der Waals surface area (Å²) < 4.78 is 5.16. The lowest BCUT2D eigenvalue weighted by Crippen LogP contribution is -2.37. The highest BCUT2D eigenvalue weighted by Gasteiger charge is 2.32. The molecule has 1 aromatic heterocycles. The fourth-order valence-electron chi connectivity index (χ4n) is 1.72. The third-order valence-electron chi connectivity index (χ3n) is 2.72. The third kappa shape index (κ3) is 2.43. The van der Waals surface area contributed by atoms with Crippen LogP contribution in [0.15, 0.2) is 12.3 Å². The summed E-state index contributed by atoms with van der Waals surface area (Å²) in [5.41, 5.74) is 6.64. The second kappa shape index (κ2) is 4.27. The van der Waals surface area contributed by atoms with E-state index >= 15 is 0 Å². The van der Waals surface area contributed by atoms with Crippen LogP contribution in [-0.2, 0) is 4.74 Å². The van der Waals surface area contributed by atoms with E-state index in [1.54, 1.807) is 6.20 Å². The van der Waals surface area contributed by atoms with Crippen molar-refractivity contribution in [1.82, 2.24) is 4.98 Å². The third-order valence-corrected chi connectivity index (χ3v) is 2.72. The molecule has 2 rings (SSSR count). The van der Waals surface area contributed by atoms with Gasteiger partial charge >= 0.3 is 0 Å². The van der Waals surface area contributed by atoms with Crippen LogP contribution in [0.2, 0.25) is 0 Å². The van der Waals surface area contributed by atoms with Crippen molar-refractivity contribution in [3.05, 3.63) is 17.8 Å². The van der Waals surface area contributed by atoms with E-state index in [-0.39, 0.29) is 0 Å². The SMILES string of the molecule is Cc1cnc(NCC2(O)CCOC2)c(N)c1. The van der Waals surface area contributed by atoms with Gasteiger partial charge in [0.2, 0.25) is 0 Å². The number of ether oxygens (including phenoxy) is 1. The summed E-state index contributed by atoms with van der Waals surface area (Å²) in [4.78, 5) is 4.18. The number of nitrogens with one attached hydrogen (secondary N) is 1. The number of pyridine rings is 1. The van der Waals surface area contributed by atoms with E-state index in [0.717, 1.165) is 5.56 Å². The first-order valence-corrected chi connectivity index (χ1v) is 5.35. The Balaban J connectivity index is 1.99. The summed E-state index contributed by atoms with van der Waals surface area (Å²) in [5.74, 6) is 0.617. The van der Waals surface area contributed by atoms with Gasteiger partial charge in [-0.15, -0.1) is 0 Å². The number of anilines is 2. The summed E-state index contributed by atoms with van der Waals surface area (Å²) in [6, 6.07) is 1.85. The topological polar surface area (TPSA) is 80.4 Å². The van der Waals surface area contributed by atoms with Crippen molar-refractivity contribution >= 4 is 11.5 Å². The zero-order valence-corrected chi connectivity index (χ0v) is 9.36. The van der Waals surface area contributed by atoms with Crippen LogP contribution in [0, 0.1) is 6.92 Å². The standard InChI is InChI=1S/C11H17N3O2/c1-8-4-9(12)10(13-5-8)14-6-11(15)2-3-16-7-11/h4-5,15H,2-3,6-7,12H2,1H3,(H,13,14). The predicted octanol–water partition coefficient (Wildman–Crippen LogP) is 0.536. The lowest BCUT2D eigenvalue weighted by Gasteiger charge is -2.21. The zero-order valence-electron chi connectivity index (χ0n) is 9.36. The Hall–Kier alpha value is -1.33. The summed E-state index contributed by atoms with van der Waals surface area (Å²) in [6.07, 6.45) is 2.39. The summed E-state index contributed by atoms with van der Waals surface area (Å²) in [5, 5.41) is 13.1. The predicted molar refractivity (Wildman–Crippen MR) is 62.3 cm³/mol. The van der Waals surface area contributed by atoms with Crippen molar-refractivity contribution in [2.45, 2.75) is 18.9 Å². The van der Waals surface area contributed by atoms with Crippen LogP contribution in [0.4, 0.5) is 11.5 Å². The zero-order chi connectivity index (χ0) is 11.6. The van der Waals surface area contributed by atoms with Crippen LogP contribution >= 0.6 is 0 Å². The molecular formula is C11H17N3O2.